The Balaban J connectivity index is 1.45. The van der Waals surface area contributed by atoms with Crippen molar-refractivity contribution in [2.24, 2.45) is 5.73 Å². The van der Waals surface area contributed by atoms with E-state index in [-0.39, 0.29) is 11.7 Å². The van der Waals surface area contributed by atoms with E-state index < -0.39 is 6.10 Å². The first-order valence-corrected chi connectivity index (χ1v) is 10.6. The van der Waals surface area contributed by atoms with Gasteiger partial charge in [-0.15, -0.1) is 0 Å². The minimum atomic E-state index is -0.729. The molecule has 1 unspecified atom stereocenters. The van der Waals surface area contributed by atoms with Crippen molar-refractivity contribution in [3.63, 3.8) is 0 Å². The van der Waals surface area contributed by atoms with Crippen LogP contribution in [-0.2, 0) is 4.79 Å². The minimum Gasteiger partial charge on any atom is -0.474 e. The molecule has 2 aromatic carbocycles. The van der Waals surface area contributed by atoms with E-state index in [0.717, 1.165) is 44.6 Å². The van der Waals surface area contributed by atoms with Gasteiger partial charge in [0.2, 0.25) is 6.10 Å². The van der Waals surface area contributed by atoms with Crippen LogP contribution >= 0.6 is 0 Å². The third kappa shape index (κ3) is 4.47. The third-order valence-electron chi connectivity index (χ3n) is 5.64. The Morgan fingerprint density at radius 3 is 2.77 bits per heavy atom. The SMILES string of the molecule is N=C(N)c1cccc(C2Oc3ccccc3N(CCCCCN3CCCN3)C2=O)c1. The van der Waals surface area contributed by atoms with Gasteiger partial charge < -0.3 is 15.4 Å². The van der Waals surface area contributed by atoms with E-state index in [1.54, 1.807) is 18.2 Å². The highest BCUT2D eigenvalue weighted by atomic mass is 16.5. The van der Waals surface area contributed by atoms with Gasteiger partial charge in [0.25, 0.3) is 5.91 Å². The number of nitrogens with two attached hydrogens (primary N) is 1. The first-order chi connectivity index (χ1) is 14.6. The van der Waals surface area contributed by atoms with Gasteiger partial charge in [-0.25, -0.2) is 5.01 Å². The summed E-state index contributed by atoms with van der Waals surface area (Å²) in [5.41, 5.74) is 11.1. The van der Waals surface area contributed by atoms with Crippen molar-refractivity contribution in [2.45, 2.75) is 31.8 Å². The number of benzene rings is 2. The van der Waals surface area contributed by atoms with Crippen molar-refractivity contribution in [1.29, 1.82) is 5.41 Å². The van der Waals surface area contributed by atoms with Gasteiger partial charge in [-0.3, -0.25) is 15.6 Å². The second kappa shape index (κ2) is 9.28. The number of nitrogen functional groups attached to an aromatic ring is 1. The molecule has 1 fully saturated rings. The number of para-hydroxylation sites is 2. The molecule has 7 nitrogen and oxygen atoms in total. The van der Waals surface area contributed by atoms with E-state index in [1.807, 2.05) is 35.2 Å². The summed E-state index contributed by atoms with van der Waals surface area (Å²) in [6.45, 7) is 3.91. The Hall–Kier alpha value is -2.90. The number of carbonyl (C=O) groups is 1. The van der Waals surface area contributed by atoms with Gasteiger partial charge in [0.05, 0.1) is 5.69 Å². The average molecular weight is 408 g/mol. The van der Waals surface area contributed by atoms with E-state index in [4.69, 9.17) is 15.9 Å². The van der Waals surface area contributed by atoms with E-state index in [0.29, 0.717) is 23.4 Å². The van der Waals surface area contributed by atoms with Crippen LogP contribution in [0, 0.1) is 5.41 Å². The summed E-state index contributed by atoms with van der Waals surface area (Å²) < 4.78 is 6.07. The molecule has 1 saturated heterocycles. The lowest BCUT2D eigenvalue weighted by Crippen LogP contribution is -2.41. The van der Waals surface area contributed by atoms with Gasteiger partial charge in [-0.05, 0) is 37.5 Å². The van der Waals surface area contributed by atoms with Crippen LogP contribution in [0.15, 0.2) is 48.5 Å². The van der Waals surface area contributed by atoms with Gasteiger partial charge in [-0.1, -0.05) is 36.8 Å². The number of amides is 1. The minimum absolute atomic E-state index is 0.0233. The Morgan fingerprint density at radius 1 is 1.13 bits per heavy atom. The van der Waals surface area contributed by atoms with E-state index in [9.17, 15) is 4.79 Å². The summed E-state index contributed by atoms with van der Waals surface area (Å²) in [7, 11) is 0. The summed E-state index contributed by atoms with van der Waals surface area (Å²) in [5, 5.41) is 9.96. The highest BCUT2D eigenvalue weighted by Crippen LogP contribution is 2.39. The monoisotopic (exact) mass is 407 g/mol. The molecule has 2 aliphatic rings. The van der Waals surface area contributed by atoms with Gasteiger partial charge in [-0.2, -0.15) is 0 Å². The molecule has 0 spiro atoms. The molecule has 1 amide bonds. The molecular weight excluding hydrogens is 378 g/mol. The standard InChI is InChI=1S/C23H29N5O2/c24-22(25)18-9-6-8-17(16-18)21-23(29)28(19-10-2-3-11-20(19)30-21)15-5-1-4-13-27-14-7-12-26-27/h2-3,6,8-11,16,21,26H,1,4-5,7,12-15H2,(H3,24,25). The number of unbranched alkanes of at least 4 members (excludes halogenated alkanes) is 2. The van der Waals surface area contributed by atoms with Gasteiger partial charge in [0.1, 0.15) is 11.6 Å². The zero-order valence-corrected chi connectivity index (χ0v) is 17.1. The van der Waals surface area contributed by atoms with Crippen LogP contribution in [0.4, 0.5) is 5.69 Å². The first-order valence-electron chi connectivity index (χ1n) is 10.6. The van der Waals surface area contributed by atoms with Gasteiger partial charge in [0.15, 0.2) is 0 Å². The fourth-order valence-electron chi connectivity index (χ4n) is 4.05. The molecule has 30 heavy (non-hydrogen) atoms. The fourth-order valence-corrected chi connectivity index (χ4v) is 4.05. The predicted octanol–water partition coefficient (Wildman–Crippen LogP) is 2.82. The van der Waals surface area contributed by atoms with Crippen LogP contribution in [0.5, 0.6) is 5.75 Å². The summed E-state index contributed by atoms with van der Waals surface area (Å²) in [6.07, 6.45) is 3.60. The van der Waals surface area contributed by atoms with Crippen LogP contribution in [0.25, 0.3) is 0 Å². The molecule has 2 aromatic rings. The van der Waals surface area contributed by atoms with Gasteiger partial charge >= 0.3 is 0 Å². The lowest BCUT2D eigenvalue weighted by atomic mass is 10.0. The number of rotatable bonds is 8. The van der Waals surface area contributed by atoms with Crippen LogP contribution in [0.3, 0.4) is 0 Å². The van der Waals surface area contributed by atoms with E-state index in [1.165, 1.54) is 6.42 Å². The topological polar surface area (TPSA) is 94.7 Å². The molecule has 0 aliphatic carbocycles. The highest BCUT2D eigenvalue weighted by molar-refractivity contribution is 6.01. The number of nitrogens with one attached hydrogen (secondary N) is 2. The number of nitrogens with zero attached hydrogens (tertiary/aromatic N) is 2. The molecule has 2 aliphatic heterocycles. The van der Waals surface area contributed by atoms with Crippen molar-refractivity contribution in [2.75, 3.05) is 31.1 Å². The van der Waals surface area contributed by atoms with Crippen molar-refractivity contribution < 1.29 is 9.53 Å². The number of fused-ring (bicyclic) bond motifs is 1. The van der Waals surface area contributed by atoms with Crippen molar-refractivity contribution >= 4 is 17.4 Å². The number of carbonyl (C=O) groups excluding carboxylic acids is 1. The number of hydrazine groups is 1. The zero-order valence-electron chi connectivity index (χ0n) is 17.1. The molecule has 0 saturated carbocycles. The average Bonchev–Trinajstić information content (AvgIpc) is 3.28. The normalized spacial score (nSPS) is 18.9. The molecule has 2 heterocycles. The molecule has 4 rings (SSSR count). The van der Waals surface area contributed by atoms with E-state index in [2.05, 4.69) is 10.4 Å². The summed E-state index contributed by atoms with van der Waals surface area (Å²) in [6, 6.07) is 14.9. The summed E-state index contributed by atoms with van der Waals surface area (Å²) in [5.74, 6) is 0.608. The third-order valence-corrected chi connectivity index (χ3v) is 5.64. The molecular formula is C23H29N5O2. The lowest BCUT2D eigenvalue weighted by molar-refractivity contribution is -0.126. The molecule has 158 valence electrons. The maximum atomic E-state index is 13.3. The lowest BCUT2D eigenvalue weighted by Gasteiger charge is -2.34. The molecule has 0 bridgehead atoms. The smallest absolute Gasteiger partial charge is 0.272 e. The Morgan fingerprint density at radius 2 is 1.97 bits per heavy atom. The maximum Gasteiger partial charge on any atom is 0.272 e. The van der Waals surface area contributed by atoms with Crippen LogP contribution in [0.1, 0.15) is 42.9 Å². The molecule has 4 N–H and O–H groups in total. The number of amidine groups is 1. The maximum absolute atomic E-state index is 13.3. The van der Waals surface area contributed by atoms with E-state index >= 15 is 0 Å². The number of anilines is 1. The van der Waals surface area contributed by atoms with Crippen molar-refractivity contribution in [3.8, 4) is 5.75 Å². The number of hydrogen-bond donors (Lipinski definition) is 3. The second-order valence-electron chi connectivity index (χ2n) is 7.80. The van der Waals surface area contributed by atoms with Crippen LogP contribution < -0.4 is 20.8 Å². The Bertz CT molecular complexity index is 910. The fraction of sp³-hybridized carbons (Fsp3) is 0.391. The largest absolute Gasteiger partial charge is 0.474 e. The quantitative estimate of drug-likeness (QED) is 0.355. The predicted molar refractivity (Wildman–Crippen MR) is 118 cm³/mol. The summed E-state index contributed by atoms with van der Waals surface area (Å²) >= 11 is 0. The van der Waals surface area contributed by atoms with Gasteiger partial charge in [0, 0.05) is 37.3 Å². The highest BCUT2D eigenvalue weighted by Gasteiger charge is 2.35. The Labute approximate surface area is 177 Å². The second-order valence-corrected chi connectivity index (χ2v) is 7.80. The van der Waals surface area contributed by atoms with Crippen LogP contribution in [0.2, 0.25) is 0 Å². The van der Waals surface area contributed by atoms with Crippen LogP contribution in [-0.4, -0.2) is 42.9 Å². The molecule has 1 atom stereocenters. The molecule has 7 heteroatoms. The summed E-state index contributed by atoms with van der Waals surface area (Å²) in [4.78, 5) is 15.2. The number of ether oxygens (including phenoxy) is 1. The first kappa shape index (κ1) is 20.4. The number of hydrogen-bond acceptors (Lipinski definition) is 5. The van der Waals surface area contributed by atoms with Crippen molar-refractivity contribution in [3.05, 3.63) is 59.7 Å². The Kier molecular flexibility index (Phi) is 6.30. The zero-order chi connectivity index (χ0) is 20.9. The molecule has 0 radical (unpaired) electrons. The molecule has 0 aromatic heterocycles. The van der Waals surface area contributed by atoms with Crippen molar-refractivity contribution in [1.82, 2.24) is 10.4 Å².